The SMILES string of the molecule is CNC(Cc1cc(Br)cc2c1OCC2)c1ncccc1F. The van der Waals surface area contributed by atoms with E-state index in [-0.39, 0.29) is 11.9 Å². The number of benzene rings is 1. The van der Waals surface area contributed by atoms with Crippen LogP contribution < -0.4 is 10.1 Å². The smallest absolute Gasteiger partial charge is 0.146 e. The van der Waals surface area contributed by atoms with Crippen LogP contribution in [0.15, 0.2) is 34.9 Å². The summed E-state index contributed by atoms with van der Waals surface area (Å²) < 4.78 is 20.7. The van der Waals surface area contributed by atoms with E-state index in [2.05, 4.69) is 32.3 Å². The summed E-state index contributed by atoms with van der Waals surface area (Å²) in [6.45, 7) is 0.709. The summed E-state index contributed by atoms with van der Waals surface area (Å²) in [4.78, 5) is 4.17. The number of hydrogen-bond donors (Lipinski definition) is 1. The predicted octanol–water partition coefficient (Wildman–Crippen LogP) is 3.42. The largest absolute Gasteiger partial charge is 0.493 e. The van der Waals surface area contributed by atoms with Crippen molar-refractivity contribution in [1.82, 2.24) is 10.3 Å². The second-order valence-electron chi connectivity index (χ2n) is 5.07. The van der Waals surface area contributed by atoms with Gasteiger partial charge < -0.3 is 10.1 Å². The summed E-state index contributed by atoms with van der Waals surface area (Å²) in [5.41, 5.74) is 2.71. The minimum atomic E-state index is -0.288. The van der Waals surface area contributed by atoms with Gasteiger partial charge in [0, 0.05) is 17.1 Å². The van der Waals surface area contributed by atoms with E-state index in [0.717, 1.165) is 22.2 Å². The van der Waals surface area contributed by atoms with Crippen LogP contribution in [0.4, 0.5) is 4.39 Å². The van der Waals surface area contributed by atoms with Crippen molar-refractivity contribution in [1.29, 1.82) is 0 Å². The molecule has 110 valence electrons. The van der Waals surface area contributed by atoms with Gasteiger partial charge in [-0.3, -0.25) is 4.98 Å². The second kappa shape index (κ2) is 6.12. The van der Waals surface area contributed by atoms with Crippen LogP contribution in [0.5, 0.6) is 5.75 Å². The average Bonchev–Trinajstić information content (AvgIpc) is 2.93. The highest BCUT2D eigenvalue weighted by atomic mass is 79.9. The van der Waals surface area contributed by atoms with Gasteiger partial charge in [-0.05, 0) is 48.9 Å². The Labute approximate surface area is 131 Å². The molecule has 3 nitrogen and oxygen atoms in total. The van der Waals surface area contributed by atoms with Crippen LogP contribution in [0.1, 0.15) is 22.9 Å². The Morgan fingerprint density at radius 3 is 3.10 bits per heavy atom. The minimum absolute atomic E-state index is 0.186. The Hall–Kier alpha value is -1.46. The number of pyridine rings is 1. The number of likely N-dealkylation sites (N-methyl/N-ethyl adjacent to an activating group) is 1. The van der Waals surface area contributed by atoms with Crippen molar-refractivity contribution in [3.63, 3.8) is 0 Å². The molecule has 1 aliphatic rings. The third kappa shape index (κ3) is 2.94. The zero-order chi connectivity index (χ0) is 14.8. The molecule has 21 heavy (non-hydrogen) atoms. The molecular formula is C16H16BrFN2O. The number of nitrogens with zero attached hydrogens (tertiary/aromatic N) is 1. The molecule has 3 rings (SSSR count). The molecule has 5 heteroatoms. The Balaban J connectivity index is 1.94. The first-order valence-electron chi connectivity index (χ1n) is 6.91. The maximum absolute atomic E-state index is 13.9. The number of ether oxygens (including phenoxy) is 1. The molecule has 1 aromatic carbocycles. The zero-order valence-corrected chi connectivity index (χ0v) is 13.3. The van der Waals surface area contributed by atoms with Crippen LogP contribution >= 0.6 is 15.9 Å². The van der Waals surface area contributed by atoms with Crippen molar-refractivity contribution >= 4 is 15.9 Å². The van der Waals surface area contributed by atoms with Crippen molar-refractivity contribution < 1.29 is 9.13 Å². The average molecular weight is 351 g/mol. The van der Waals surface area contributed by atoms with Crippen molar-refractivity contribution in [2.24, 2.45) is 0 Å². The number of rotatable bonds is 4. The lowest BCUT2D eigenvalue weighted by molar-refractivity contribution is 0.351. The van der Waals surface area contributed by atoms with Crippen molar-refractivity contribution in [2.45, 2.75) is 18.9 Å². The quantitative estimate of drug-likeness (QED) is 0.917. The maximum atomic E-state index is 13.9. The first kappa shape index (κ1) is 14.5. The topological polar surface area (TPSA) is 34.1 Å². The highest BCUT2D eigenvalue weighted by Gasteiger charge is 2.22. The van der Waals surface area contributed by atoms with Crippen LogP contribution in [0.25, 0.3) is 0 Å². The lowest BCUT2D eigenvalue weighted by atomic mass is 9.99. The van der Waals surface area contributed by atoms with Gasteiger partial charge in [-0.15, -0.1) is 0 Å². The number of hydrogen-bond acceptors (Lipinski definition) is 3. The number of nitrogens with one attached hydrogen (secondary N) is 1. The van der Waals surface area contributed by atoms with E-state index < -0.39 is 0 Å². The van der Waals surface area contributed by atoms with E-state index in [1.165, 1.54) is 11.6 Å². The van der Waals surface area contributed by atoms with Gasteiger partial charge in [0.05, 0.1) is 18.3 Å². The Bertz CT molecular complexity index is 663. The van der Waals surface area contributed by atoms with Crippen LogP contribution in [-0.4, -0.2) is 18.6 Å². The lowest BCUT2D eigenvalue weighted by Crippen LogP contribution is -2.21. The fourth-order valence-corrected chi connectivity index (χ4v) is 3.26. The zero-order valence-electron chi connectivity index (χ0n) is 11.7. The van der Waals surface area contributed by atoms with Crippen LogP contribution in [0, 0.1) is 5.82 Å². The van der Waals surface area contributed by atoms with Gasteiger partial charge in [0.25, 0.3) is 0 Å². The van der Waals surface area contributed by atoms with E-state index in [9.17, 15) is 4.39 Å². The number of aromatic nitrogens is 1. The Kier molecular flexibility index (Phi) is 4.22. The lowest BCUT2D eigenvalue weighted by Gasteiger charge is -2.18. The highest BCUT2D eigenvalue weighted by molar-refractivity contribution is 9.10. The molecule has 2 aromatic rings. The van der Waals surface area contributed by atoms with Gasteiger partial charge in [0.2, 0.25) is 0 Å². The van der Waals surface area contributed by atoms with E-state index in [1.807, 2.05) is 13.1 Å². The normalized spacial score (nSPS) is 14.6. The molecule has 1 atom stereocenters. The second-order valence-corrected chi connectivity index (χ2v) is 5.98. The number of fused-ring (bicyclic) bond motifs is 1. The Morgan fingerprint density at radius 1 is 1.48 bits per heavy atom. The molecule has 1 aliphatic heterocycles. The third-order valence-electron chi connectivity index (χ3n) is 3.71. The third-order valence-corrected chi connectivity index (χ3v) is 4.17. The molecule has 0 amide bonds. The van der Waals surface area contributed by atoms with Crippen molar-refractivity contribution in [3.8, 4) is 5.75 Å². The van der Waals surface area contributed by atoms with E-state index in [1.54, 1.807) is 12.3 Å². The van der Waals surface area contributed by atoms with Gasteiger partial charge in [-0.2, -0.15) is 0 Å². The Morgan fingerprint density at radius 2 is 2.33 bits per heavy atom. The van der Waals surface area contributed by atoms with E-state index in [4.69, 9.17) is 4.74 Å². The van der Waals surface area contributed by atoms with E-state index >= 15 is 0 Å². The molecule has 0 aliphatic carbocycles. The monoisotopic (exact) mass is 350 g/mol. The van der Waals surface area contributed by atoms with Crippen LogP contribution in [-0.2, 0) is 12.8 Å². The van der Waals surface area contributed by atoms with Crippen LogP contribution in [0.3, 0.4) is 0 Å². The predicted molar refractivity (Wildman–Crippen MR) is 83.0 cm³/mol. The van der Waals surface area contributed by atoms with Gasteiger partial charge in [0.1, 0.15) is 11.6 Å². The maximum Gasteiger partial charge on any atom is 0.146 e. The van der Waals surface area contributed by atoms with E-state index in [0.29, 0.717) is 18.7 Å². The summed E-state index contributed by atoms with van der Waals surface area (Å²) in [6, 6.07) is 6.98. The molecule has 1 N–H and O–H groups in total. The van der Waals surface area contributed by atoms with Gasteiger partial charge in [-0.25, -0.2) is 4.39 Å². The van der Waals surface area contributed by atoms with Gasteiger partial charge in [-0.1, -0.05) is 15.9 Å². The summed E-state index contributed by atoms with van der Waals surface area (Å²) in [5, 5.41) is 3.14. The minimum Gasteiger partial charge on any atom is -0.493 e. The molecular weight excluding hydrogens is 335 g/mol. The summed E-state index contributed by atoms with van der Waals surface area (Å²) in [5.74, 6) is 0.652. The molecule has 0 fully saturated rings. The van der Waals surface area contributed by atoms with Gasteiger partial charge in [0.15, 0.2) is 0 Å². The fourth-order valence-electron chi connectivity index (χ4n) is 2.71. The molecule has 2 heterocycles. The molecule has 0 spiro atoms. The van der Waals surface area contributed by atoms with Gasteiger partial charge >= 0.3 is 0 Å². The van der Waals surface area contributed by atoms with Crippen molar-refractivity contribution in [3.05, 3.63) is 57.6 Å². The standard InChI is InChI=1S/C16H16BrFN2O/c1-19-14(15-13(18)3-2-5-20-15)9-11-8-12(17)7-10-4-6-21-16(10)11/h2-3,5,7-8,14,19H,4,6,9H2,1H3. The molecule has 0 radical (unpaired) electrons. The first-order chi connectivity index (χ1) is 10.2. The van der Waals surface area contributed by atoms with Crippen LogP contribution in [0.2, 0.25) is 0 Å². The highest BCUT2D eigenvalue weighted by Crippen LogP contribution is 2.35. The summed E-state index contributed by atoms with van der Waals surface area (Å²) >= 11 is 3.53. The molecule has 0 saturated heterocycles. The van der Waals surface area contributed by atoms with Crippen molar-refractivity contribution in [2.75, 3.05) is 13.7 Å². The summed E-state index contributed by atoms with van der Waals surface area (Å²) in [7, 11) is 1.82. The fraction of sp³-hybridized carbons (Fsp3) is 0.312. The molecule has 1 unspecified atom stereocenters. The molecule has 0 bridgehead atoms. The molecule has 1 aromatic heterocycles. The first-order valence-corrected chi connectivity index (χ1v) is 7.70. The number of halogens is 2. The summed E-state index contributed by atoms with van der Waals surface area (Å²) in [6.07, 6.45) is 3.17. The molecule has 0 saturated carbocycles.